The summed E-state index contributed by atoms with van der Waals surface area (Å²) in [5.41, 5.74) is 0. The molecule has 7 nitrogen and oxygen atoms in total. The summed E-state index contributed by atoms with van der Waals surface area (Å²) in [4.78, 5) is 39.5. The van der Waals surface area contributed by atoms with Gasteiger partial charge in [0.2, 0.25) is 5.91 Å². The molecule has 2 aliphatic heterocycles. The number of thiocarbonyl (C=S) groups is 1. The molecular weight excluding hydrogens is 388 g/mol. The van der Waals surface area contributed by atoms with Crippen molar-refractivity contribution < 1.29 is 23.9 Å². The number of carboxylic acid groups (broad SMARTS) is 1. The van der Waals surface area contributed by atoms with Crippen molar-refractivity contribution in [2.45, 2.75) is 25.7 Å². The summed E-state index contributed by atoms with van der Waals surface area (Å²) in [6.45, 7) is 1.34. The van der Waals surface area contributed by atoms with E-state index in [-0.39, 0.29) is 17.7 Å². The van der Waals surface area contributed by atoms with Gasteiger partial charge in [-0.05, 0) is 31.4 Å². The Labute approximate surface area is 166 Å². The molecule has 3 rings (SSSR count). The maximum Gasteiger partial charge on any atom is 0.306 e. The molecule has 0 unspecified atom stereocenters. The van der Waals surface area contributed by atoms with Crippen LogP contribution in [0.3, 0.4) is 0 Å². The van der Waals surface area contributed by atoms with Crippen LogP contribution in [0.5, 0.6) is 0 Å². The number of nitrogens with zero attached hydrogens (tertiary/aromatic N) is 2. The van der Waals surface area contributed by atoms with Gasteiger partial charge in [0.25, 0.3) is 5.91 Å². The molecule has 2 saturated heterocycles. The van der Waals surface area contributed by atoms with E-state index in [1.807, 2.05) is 0 Å². The Hall–Kier alpha value is -2.13. The van der Waals surface area contributed by atoms with E-state index in [0.29, 0.717) is 60.3 Å². The highest BCUT2D eigenvalue weighted by molar-refractivity contribution is 8.26. The van der Waals surface area contributed by atoms with E-state index in [1.54, 1.807) is 23.1 Å². The highest BCUT2D eigenvalue weighted by atomic mass is 32.2. The van der Waals surface area contributed by atoms with Crippen LogP contribution in [0.15, 0.2) is 27.7 Å². The van der Waals surface area contributed by atoms with Crippen molar-refractivity contribution in [1.82, 2.24) is 9.80 Å². The number of piperidine rings is 1. The highest BCUT2D eigenvalue weighted by Crippen LogP contribution is 2.32. The molecule has 9 heteroatoms. The summed E-state index contributed by atoms with van der Waals surface area (Å²) in [5.74, 6) is -0.730. The Morgan fingerprint density at radius 3 is 2.74 bits per heavy atom. The molecule has 2 amide bonds. The van der Waals surface area contributed by atoms with E-state index >= 15 is 0 Å². The van der Waals surface area contributed by atoms with Crippen LogP contribution in [-0.4, -0.2) is 56.6 Å². The predicted octanol–water partition coefficient (Wildman–Crippen LogP) is 2.58. The second kappa shape index (κ2) is 8.71. The number of hydrogen-bond acceptors (Lipinski definition) is 6. The number of amides is 2. The molecular formula is C18H20N2O5S2. The van der Waals surface area contributed by atoms with Gasteiger partial charge in [0, 0.05) is 32.1 Å². The van der Waals surface area contributed by atoms with Crippen molar-refractivity contribution in [3.05, 3.63) is 29.1 Å². The minimum atomic E-state index is -0.793. The van der Waals surface area contributed by atoms with Gasteiger partial charge in [0.15, 0.2) is 0 Å². The number of hydrogen-bond donors (Lipinski definition) is 1. The van der Waals surface area contributed by atoms with E-state index < -0.39 is 5.97 Å². The van der Waals surface area contributed by atoms with E-state index in [0.717, 1.165) is 0 Å². The Morgan fingerprint density at radius 1 is 1.37 bits per heavy atom. The van der Waals surface area contributed by atoms with E-state index in [1.165, 1.54) is 22.9 Å². The fourth-order valence-electron chi connectivity index (χ4n) is 3.12. The maximum absolute atomic E-state index is 12.5. The average molecular weight is 409 g/mol. The number of carboxylic acids is 1. The molecule has 1 aromatic heterocycles. The van der Waals surface area contributed by atoms with Crippen LogP contribution < -0.4 is 0 Å². The van der Waals surface area contributed by atoms with Crippen LogP contribution in [0, 0.1) is 5.92 Å². The Kier molecular flexibility index (Phi) is 6.33. The van der Waals surface area contributed by atoms with Gasteiger partial charge in [-0.15, -0.1) is 0 Å². The molecule has 0 saturated carbocycles. The lowest BCUT2D eigenvalue weighted by Crippen LogP contribution is -2.40. The Balaban J connectivity index is 1.46. The molecule has 0 aromatic carbocycles. The molecule has 0 spiro atoms. The zero-order valence-corrected chi connectivity index (χ0v) is 16.3. The van der Waals surface area contributed by atoms with Crippen molar-refractivity contribution in [3.63, 3.8) is 0 Å². The van der Waals surface area contributed by atoms with Gasteiger partial charge in [0.05, 0.1) is 17.1 Å². The third kappa shape index (κ3) is 4.78. The van der Waals surface area contributed by atoms with Gasteiger partial charge in [-0.2, -0.15) is 0 Å². The lowest BCUT2D eigenvalue weighted by atomic mass is 9.97. The van der Waals surface area contributed by atoms with Crippen LogP contribution in [-0.2, 0) is 14.4 Å². The number of thioether (sulfide) groups is 1. The largest absolute Gasteiger partial charge is 0.481 e. The van der Waals surface area contributed by atoms with Crippen molar-refractivity contribution in [2.24, 2.45) is 5.92 Å². The summed E-state index contributed by atoms with van der Waals surface area (Å²) in [6, 6.07) is 3.51. The first-order valence-corrected chi connectivity index (χ1v) is 9.97. The minimum absolute atomic E-state index is 0.00425. The van der Waals surface area contributed by atoms with Crippen molar-refractivity contribution in [1.29, 1.82) is 0 Å². The second-order valence-electron chi connectivity index (χ2n) is 6.45. The molecule has 2 fully saturated rings. The maximum atomic E-state index is 12.5. The summed E-state index contributed by atoms with van der Waals surface area (Å²) >= 11 is 6.51. The van der Waals surface area contributed by atoms with Crippen molar-refractivity contribution in [3.8, 4) is 0 Å². The number of furan rings is 1. The lowest BCUT2D eigenvalue weighted by Gasteiger charge is -2.30. The fraction of sp³-hybridized carbons (Fsp3) is 0.444. The number of likely N-dealkylation sites (tertiary alicyclic amines) is 1. The second-order valence-corrected chi connectivity index (χ2v) is 8.12. The first kappa shape index (κ1) is 19.6. The number of rotatable bonds is 6. The molecule has 0 atom stereocenters. The monoisotopic (exact) mass is 408 g/mol. The van der Waals surface area contributed by atoms with E-state index in [9.17, 15) is 14.4 Å². The average Bonchev–Trinajstić information content (AvgIpc) is 3.25. The van der Waals surface area contributed by atoms with Gasteiger partial charge in [-0.1, -0.05) is 24.0 Å². The molecule has 27 heavy (non-hydrogen) atoms. The predicted molar refractivity (Wildman–Crippen MR) is 105 cm³/mol. The SMILES string of the molecule is O=C(O)C1CCN(C(=O)CCCN2C(=O)C(=Cc3ccco3)SC2=S)CC1. The third-order valence-electron chi connectivity index (χ3n) is 4.66. The van der Waals surface area contributed by atoms with Gasteiger partial charge in [-0.25, -0.2) is 0 Å². The fourth-order valence-corrected chi connectivity index (χ4v) is 4.41. The number of carbonyl (C=O) groups excluding carboxylic acids is 2. The first-order valence-electron chi connectivity index (χ1n) is 8.75. The van der Waals surface area contributed by atoms with Gasteiger partial charge in [-0.3, -0.25) is 19.3 Å². The number of aliphatic carboxylic acids is 1. The number of carbonyl (C=O) groups is 3. The van der Waals surface area contributed by atoms with Crippen LogP contribution >= 0.6 is 24.0 Å². The standard InChI is InChI=1S/C18H20N2O5S2/c21-15(19-8-5-12(6-9-19)17(23)24)4-1-7-20-16(22)14(27-18(20)26)11-13-3-2-10-25-13/h2-3,10-12H,1,4-9H2,(H,23,24). The van der Waals surface area contributed by atoms with Crippen LogP contribution in [0.2, 0.25) is 0 Å². The quantitative estimate of drug-likeness (QED) is 0.571. The molecule has 1 N–H and O–H groups in total. The van der Waals surface area contributed by atoms with Crippen molar-refractivity contribution in [2.75, 3.05) is 19.6 Å². The zero-order valence-electron chi connectivity index (χ0n) is 14.6. The molecule has 1 aromatic rings. The normalized spacial score (nSPS) is 19.9. The smallest absolute Gasteiger partial charge is 0.306 e. The summed E-state index contributed by atoms with van der Waals surface area (Å²) < 4.78 is 5.70. The van der Waals surface area contributed by atoms with Gasteiger partial charge < -0.3 is 14.4 Å². The molecule has 2 aliphatic rings. The van der Waals surface area contributed by atoms with Gasteiger partial charge >= 0.3 is 5.97 Å². The van der Waals surface area contributed by atoms with Crippen molar-refractivity contribution >= 4 is 52.2 Å². The van der Waals surface area contributed by atoms with Crippen LogP contribution in [0.25, 0.3) is 6.08 Å². The zero-order chi connectivity index (χ0) is 19.4. The first-order chi connectivity index (χ1) is 13.0. The lowest BCUT2D eigenvalue weighted by molar-refractivity contribution is -0.145. The molecule has 3 heterocycles. The molecule has 0 bridgehead atoms. The molecule has 0 aliphatic carbocycles. The molecule has 0 radical (unpaired) electrons. The topological polar surface area (TPSA) is 91.1 Å². The van der Waals surface area contributed by atoms with Gasteiger partial charge in [0.1, 0.15) is 10.1 Å². The Bertz CT molecular complexity index is 767. The summed E-state index contributed by atoms with van der Waals surface area (Å²) in [5, 5.41) is 9.01. The van der Waals surface area contributed by atoms with Crippen LogP contribution in [0.4, 0.5) is 0 Å². The Morgan fingerprint density at radius 2 is 2.11 bits per heavy atom. The highest BCUT2D eigenvalue weighted by Gasteiger charge is 2.32. The summed E-state index contributed by atoms with van der Waals surface area (Å²) in [7, 11) is 0. The summed E-state index contributed by atoms with van der Waals surface area (Å²) in [6.07, 6.45) is 5.01. The van der Waals surface area contributed by atoms with E-state index in [4.69, 9.17) is 21.7 Å². The van der Waals surface area contributed by atoms with Crippen LogP contribution in [0.1, 0.15) is 31.4 Å². The van der Waals surface area contributed by atoms with E-state index in [2.05, 4.69) is 0 Å². The third-order valence-corrected chi connectivity index (χ3v) is 6.04. The molecule has 144 valence electrons. The minimum Gasteiger partial charge on any atom is -0.481 e.